The topological polar surface area (TPSA) is 77.5 Å². The zero-order valence-corrected chi connectivity index (χ0v) is 10.8. The van der Waals surface area contributed by atoms with Crippen LogP contribution in [0.1, 0.15) is 12.8 Å². The van der Waals surface area contributed by atoms with Crippen LogP contribution in [0.3, 0.4) is 0 Å². The number of carbonyl (C=O) groups is 2. The molecule has 0 atom stereocenters. The lowest BCUT2D eigenvalue weighted by Crippen LogP contribution is -2.14. The summed E-state index contributed by atoms with van der Waals surface area (Å²) in [6.45, 7) is 0. The molecule has 1 rings (SSSR count). The zero-order chi connectivity index (χ0) is 13.5. The van der Waals surface area contributed by atoms with Crippen molar-refractivity contribution in [2.45, 2.75) is 12.8 Å². The molecule has 98 valence electrons. The van der Waals surface area contributed by atoms with Gasteiger partial charge in [0.05, 0.1) is 26.8 Å². The van der Waals surface area contributed by atoms with E-state index in [0.717, 1.165) is 0 Å². The molecule has 6 nitrogen and oxygen atoms in total. The third kappa shape index (κ3) is 4.21. The van der Waals surface area contributed by atoms with Gasteiger partial charge in [0, 0.05) is 12.5 Å². The highest BCUT2D eigenvalue weighted by molar-refractivity contribution is 6.32. The van der Waals surface area contributed by atoms with Crippen molar-refractivity contribution in [1.82, 2.24) is 4.98 Å². The molecule has 0 aromatic carbocycles. The highest BCUT2D eigenvalue weighted by Gasteiger charge is 2.09. The van der Waals surface area contributed by atoms with Gasteiger partial charge in [-0.3, -0.25) is 9.59 Å². The number of methoxy groups -OCH3 is 2. The monoisotopic (exact) mass is 272 g/mol. The number of amides is 1. The van der Waals surface area contributed by atoms with E-state index >= 15 is 0 Å². The summed E-state index contributed by atoms with van der Waals surface area (Å²) in [5.41, 5.74) is 0. The average molecular weight is 273 g/mol. The number of anilines is 1. The average Bonchev–Trinajstić information content (AvgIpc) is 2.38. The number of pyridine rings is 1. The van der Waals surface area contributed by atoms with E-state index in [2.05, 4.69) is 15.0 Å². The first kappa shape index (κ1) is 14.2. The number of nitrogens with zero attached hydrogens (tertiary/aromatic N) is 1. The molecular weight excluding hydrogens is 260 g/mol. The van der Waals surface area contributed by atoms with Gasteiger partial charge < -0.3 is 14.8 Å². The van der Waals surface area contributed by atoms with E-state index < -0.39 is 5.97 Å². The second kappa shape index (κ2) is 6.80. The molecule has 0 saturated heterocycles. The Balaban J connectivity index is 2.56. The molecular formula is C11H13ClN2O4. The Hall–Kier alpha value is -1.82. The lowest BCUT2D eigenvalue weighted by atomic mass is 10.3. The molecule has 0 radical (unpaired) electrons. The van der Waals surface area contributed by atoms with Gasteiger partial charge in [-0.1, -0.05) is 11.6 Å². The molecule has 0 aliphatic carbocycles. The number of nitrogens with one attached hydrogen (secondary N) is 1. The van der Waals surface area contributed by atoms with E-state index in [1.807, 2.05) is 0 Å². The van der Waals surface area contributed by atoms with Gasteiger partial charge in [0.2, 0.25) is 5.91 Å². The predicted octanol–water partition coefficient (Wildman–Crippen LogP) is 1.64. The summed E-state index contributed by atoms with van der Waals surface area (Å²) in [5, 5.41) is 2.88. The number of carbonyl (C=O) groups excluding carboxylic acids is 2. The minimum Gasteiger partial charge on any atom is -0.495 e. The number of esters is 1. The van der Waals surface area contributed by atoms with Crippen LogP contribution in [0, 0.1) is 0 Å². The lowest BCUT2D eigenvalue weighted by molar-refractivity contribution is -0.141. The van der Waals surface area contributed by atoms with E-state index in [1.165, 1.54) is 26.5 Å². The van der Waals surface area contributed by atoms with Crippen LogP contribution in [-0.4, -0.2) is 31.1 Å². The van der Waals surface area contributed by atoms with Crippen LogP contribution < -0.4 is 10.1 Å². The largest absolute Gasteiger partial charge is 0.495 e. The molecule has 0 saturated carbocycles. The smallest absolute Gasteiger partial charge is 0.306 e. The minimum atomic E-state index is -0.438. The Morgan fingerprint density at radius 1 is 1.39 bits per heavy atom. The van der Waals surface area contributed by atoms with Gasteiger partial charge in [0.15, 0.2) is 0 Å². The summed E-state index contributed by atoms with van der Waals surface area (Å²) in [7, 11) is 2.73. The molecule has 18 heavy (non-hydrogen) atoms. The molecule has 0 fully saturated rings. The Morgan fingerprint density at radius 2 is 2.11 bits per heavy atom. The Bertz CT molecular complexity index is 451. The zero-order valence-electron chi connectivity index (χ0n) is 10.0. The number of hydrogen-bond donors (Lipinski definition) is 1. The molecule has 7 heteroatoms. The SMILES string of the molecule is COC(=O)CCC(=O)Nc1cc(OC)c(Cl)cn1. The standard InChI is InChI=1S/C11H13ClN2O4/c1-17-8-5-9(13-6-7(8)12)14-10(15)3-4-11(16)18-2/h5-6H,3-4H2,1-2H3,(H,13,14,15). The van der Waals surface area contributed by atoms with Gasteiger partial charge in [0.1, 0.15) is 16.6 Å². The number of ether oxygens (including phenoxy) is 2. The van der Waals surface area contributed by atoms with Crippen LogP contribution in [0.2, 0.25) is 5.02 Å². The Kier molecular flexibility index (Phi) is 5.38. The Morgan fingerprint density at radius 3 is 2.72 bits per heavy atom. The predicted molar refractivity (Wildman–Crippen MR) is 65.7 cm³/mol. The molecule has 0 unspecified atom stereocenters. The molecule has 1 N–H and O–H groups in total. The van der Waals surface area contributed by atoms with Crippen molar-refractivity contribution in [3.63, 3.8) is 0 Å². The van der Waals surface area contributed by atoms with Crippen molar-refractivity contribution in [3.8, 4) is 5.75 Å². The number of rotatable bonds is 5. The fourth-order valence-electron chi connectivity index (χ4n) is 1.17. The third-order valence-electron chi connectivity index (χ3n) is 2.09. The van der Waals surface area contributed by atoms with Crippen molar-refractivity contribution in [2.75, 3.05) is 19.5 Å². The second-order valence-corrected chi connectivity index (χ2v) is 3.74. The molecule has 1 heterocycles. The molecule has 1 amide bonds. The van der Waals surface area contributed by atoms with Crippen LogP contribution in [0.15, 0.2) is 12.3 Å². The number of halogens is 1. The fraction of sp³-hybridized carbons (Fsp3) is 0.364. The maximum Gasteiger partial charge on any atom is 0.306 e. The molecule has 1 aromatic rings. The van der Waals surface area contributed by atoms with Gasteiger partial charge in [-0.25, -0.2) is 4.98 Å². The number of hydrogen-bond acceptors (Lipinski definition) is 5. The number of aromatic nitrogens is 1. The van der Waals surface area contributed by atoms with Crippen molar-refractivity contribution >= 4 is 29.3 Å². The quantitative estimate of drug-likeness (QED) is 0.825. The van der Waals surface area contributed by atoms with E-state index in [1.54, 1.807) is 0 Å². The van der Waals surface area contributed by atoms with E-state index in [0.29, 0.717) is 16.6 Å². The third-order valence-corrected chi connectivity index (χ3v) is 2.38. The van der Waals surface area contributed by atoms with Crippen LogP contribution in [0.25, 0.3) is 0 Å². The van der Waals surface area contributed by atoms with Crippen LogP contribution in [-0.2, 0) is 14.3 Å². The van der Waals surface area contributed by atoms with Gasteiger partial charge in [-0.2, -0.15) is 0 Å². The van der Waals surface area contributed by atoms with Gasteiger partial charge in [-0.05, 0) is 0 Å². The minimum absolute atomic E-state index is 0.0209. The second-order valence-electron chi connectivity index (χ2n) is 3.33. The molecule has 1 aromatic heterocycles. The van der Waals surface area contributed by atoms with Crippen molar-refractivity contribution in [1.29, 1.82) is 0 Å². The molecule has 0 aliphatic rings. The summed E-state index contributed by atoms with van der Waals surface area (Å²) in [5.74, 6) is -0.0508. The fourth-order valence-corrected chi connectivity index (χ4v) is 1.35. The van der Waals surface area contributed by atoms with Crippen molar-refractivity contribution in [3.05, 3.63) is 17.3 Å². The summed E-state index contributed by atoms with van der Waals surface area (Å²) in [6.07, 6.45) is 1.42. The van der Waals surface area contributed by atoms with E-state index in [-0.39, 0.29) is 18.7 Å². The molecule has 0 bridgehead atoms. The van der Waals surface area contributed by atoms with E-state index in [9.17, 15) is 9.59 Å². The first-order valence-corrected chi connectivity index (χ1v) is 5.50. The summed E-state index contributed by atoms with van der Waals surface area (Å²) in [6, 6.07) is 1.50. The first-order valence-electron chi connectivity index (χ1n) is 5.13. The van der Waals surface area contributed by atoms with Gasteiger partial charge in [0.25, 0.3) is 0 Å². The summed E-state index contributed by atoms with van der Waals surface area (Å²) in [4.78, 5) is 26.3. The summed E-state index contributed by atoms with van der Waals surface area (Å²) >= 11 is 5.79. The highest BCUT2D eigenvalue weighted by Crippen LogP contribution is 2.25. The maximum atomic E-state index is 11.5. The maximum absolute atomic E-state index is 11.5. The lowest BCUT2D eigenvalue weighted by Gasteiger charge is -2.07. The Labute approximate surface area is 109 Å². The van der Waals surface area contributed by atoms with Crippen LogP contribution in [0.5, 0.6) is 5.75 Å². The van der Waals surface area contributed by atoms with E-state index in [4.69, 9.17) is 16.3 Å². The van der Waals surface area contributed by atoms with Crippen LogP contribution >= 0.6 is 11.6 Å². The van der Waals surface area contributed by atoms with Crippen LogP contribution in [0.4, 0.5) is 5.82 Å². The molecule has 0 spiro atoms. The highest BCUT2D eigenvalue weighted by atomic mass is 35.5. The normalized spacial score (nSPS) is 9.72. The first-order chi connectivity index (χ1) is 8.56. The summed E-state index contributed by atoms with van der Waals surface area (Å²) < 4.78 is 9.42. The van der Waals surface area contributed by atoms with Crippen molar-refractivity contribution in [2.24, 2.45) is 0 Å². The van der Waals surface area contributed by atoms with Gasteiger partial charge in [-0.15, -0.1) is 0 Å². The van der Waals surface area contributed by atoms with Crippen molar-refractivity contribution < 1.29 is 19.1 Å². The molecule has 0 aliphatic heterocycles. The van der Waals surface area contributed by atoms with Gasteiger partial charge >= 0.3 is 5.97 Å².